The highest BCUT2D eigenvalue weighted by molar-refractivity contribution is 5.91. The number of benzene rings is 2. The summed E-state index contributed by atoms with van der Waals surface area (Å²) in [5.41, 5.74) is 10.2. The average molecular weight is 263 g/mol. The third kappa shape index (κ3) is 2.30. The predicted octanol–water partition coefficient (Wildman–Crippen LogP) is 3.45. The summed E-state index contributed by atoms with van der Waals surface area (Å²) in [5, 5.41) is 1.16. The van der Waals surface area contributed by atoms with Gasteiger partial charge in [0.25, 0.3) is 0 Å². The summed E-state index contributed by atoms with van der Waals surface area (Å²) in [7, 11) is 2.08. The zero-order valence-electron chi connectivity index (χ0n) is 11.5. The van der Waals surface area contributed by atoms with Crippen molar-refractivity contribution < 1.29 is 0 Å². The zero-order valence-corrected chi connectivity index (χ0v) is 11.5. The second-order valence-corrected chi connectivity index (χ2v) is 4.90. The Kier molecular flexibility index (Phi) is 3.25. The Morgan fingerprint density at radius 3 is 2.60 bits per heavy atom. The molecule has 0 amide bonds. The van der Waals surface area contributed by atoms with Gasteiger partial charge in [-0.2, -0.15) is 0 Å². The lowest BCUT2D eigenvalue weighted by molar-refractivity contribution is 0.929. The molecule has 0 saturated heterocycles. The smallest absolute Gasteiger partial charge is 0.0722 e. The maximum Gasteiger partial charge on any atom is 0.0722 e. The van der Waals surface area contributed by atoms with Gasteiger partial charge in [-0.15, -0.1) is 0 Å². The SMILES string of the molecule is CN(Cc1ccccc1N)c1ccnc2ccccc12. The normalized spacial score (nSPS) is 10.7. The van der Waals surface area contributed by atoms with Gasteiger partial charge in [-0.25, -0.2) is 0 Å². The summed E-state index contributed by atoms with van der Waals surface area (Å²) in [5.74, 6) is 0. The quantitative estimate of drug-likeness (QED) is 0.736. The van der Waals surface area contributed by atoms with Crippen molar-refractivity contribution in [1.82, 2.24) is 4.98 Å². The Labute approximate surface area is 118 Å². The van der Waals surface area contributed by atoms with E-state index in [1.807, 2.05) is 48.7 Å². The van der Waals surface area contributed by atoms with Crippen LogP contribution in [0.1, 0.15) is 5.56 Å². The highest BCUT2D eigenvalue weighted by Gasteiger charge is 2.08. The van der Waals surface area contributed by atoms with Gasteiger partial charge in [0.2, 0.25) is 0 Å². The number of nitrogens with two attached hydrogens (primary N) is 1. The number of rotatable bonds is 3. The van der Waals surface area contributed by atoms with Crippen molar-refractivity contribution in [3.63, 3.8) is 0 Å². The van der Waals surface area contributed by atoms with Crippen molar-refractivity contribution in [2.24, 2.45) is 0 Å². The van der Waals surface area contributed by atoms with Crippen LogP contribution in [0.5, 0.6) is 0 Å². The standard InChI is InChI=1S/C17H17N3/c1-20(12-13-6-2-4-8-15(13)18)17-10-11-19-16-9-5-3-7-14(16)17/h2-11H,12,18H2,1H3. The van der Waals surface area contributed by atoms with Crippen LogP contribution in [-0.2, 0) is 6.54 Å². The van der Waals surface area contributed by atoms with Gasteiger partial charge in [-0.05, 0) is 23.8 Å². The van der Waals surface area contributed by atoms with Crippen molar-refractivity contribution in [3.05, 3.63) is 66.4 Å². The fourth-order valence-corrected chi connectivity index (χ4v) is 2.43. The number of nitrogens with zero attached hydrogens (tertiary/aromatic N) is 2. The first kappa shape index (κ1) is 12.5. The van der Waals surface area contributed by atoms with Crippen LogP contribution >= 0.6 is 0 Å². The topological polar surface area (TPSA) is 42.1 Å². The van der Waals surface area contributed by atoms with Crippen molar-refractivity contribution in [2.45, 2.75) is 6.54 Å². The summed E-state index contributed by atoms with van der Waals surface area (Å²) in [6.07, 6.45) is 1.85. The number of nitrogen functional groups attached to an aromatic ring is 1. The fraction of sp³-hybridized carbons (Fsp3) is 0.118. The van der Waals surface area contributed by atoms with E-state index in [2.05, 4.69) is 29.1 Å². The summed E-state index contributed by atoms with van der Waals surface area (Å²) in [6, 6.07) is 18.2. The molecule has 0 saturated carbocycles. The van der Waals surface area contributed by atoms with Crippen molar-refractivity contribution in [2.75, 3.05) is 17.7 Å². The number of aromatic nitrogens is 1. The Balaban J connectivity index is 1.97. The fourth-order valence-electron chi connectivity index (χ4n) is 2.43. The van der Waals surface area contributed by atoms with E-state index < -0.39 is 0 Å². The summed E-state index contributed by atoms with van der Waals surface area (Å²) < 4.78 is 0. The minimum atomic E-state index is 0.778. The van der Waals surface area contributed by atoms with Crippen LogP contribution in [0.4, 0.5) is 11.4 Å². The Morgan fingerprint density at radius 2 is 1.75 bits per heavy atom. The van der Waals surface area contributed by atoms with Crippen LogP contribution in [-0.4, -0.2) is 12.0 Å². The molecule has 0 spiro atoms. The van der Waals surface area contributed by atoms with Gasteiger partial charge < -0.3 is 10.6 Å². The van der Waals surface area contributed by atoms with E-state index in [1.165, 1.54) is 5.69 Å². The molecule has 0 fully saturated rings. The molecule has 3 nitrogen and oxygen atoms in total. The van der Waals surface area contributed by atoms with Crippen LogP contribution in [0.25, 0.3) is 10.9 Å². The number of anilines is 2. The van der Waals surface area contributed by atoms with Crippen LogP contribution < -0.4 is 10.6 Å². The molecule has 20 heavy (non-hydrogen) atoms. The molecule has 3 rings (SSSR count). The molecular formula is C17H17N3. The lowest BCUT2D eigenvalue weighted by Gasteiger charge is -2.21. The first-order valence-corrected chi connectivity index (χ1v) is 6.64. The average Bonchev–Trinajstić information content (AvgIpc) is 2.49. The van der Waals surface area contributed by atoms with Gasteiger partial charge >= 0.3 is 0 Å². The summed E-state index contributed by atoms with van der Waals surface area (Å²) >= 11 is 0. The Hall–Kier alpha value is -2.55. The highest BCUT2D eigenvalue weighted by Crippen LogP contribution is 2.26. The first-order valence-electron chi connectivity index (χ1n) is 6.64. The van der Waals surface area contributed by atoms with Gasteiger partial charge in [0.05, 0.1) is 5.52 Å². The summed E-state index contributed by atoms with van der Waals surface area (Å²) in [4.78, 5) is 6.60. The molecule has 2 aromatic carbocycles. The minimum absolute atomic E-state index is 0.778. The zero-order chi connectivity index (χ0) is 13.9. The molecule has 1 aromatic heterocycles. The van der Waals surface area contributed by atoms with E-state index in [4.69, 9.17) is 5.73 Å². The largest absolute Gasteiger partial charge is 0.398 e. The van der Waals surface area contributed by atoms with Crippen molar-refractivity contribution in [3.8, 4) is 0 Å². The van der Waals surface area contributed by atoms with Crippen LogP contribution in [0, 0.1) is 0 Å². The van der Waals surface area contributed by atoms with E-state index in [0.717, 1.165) is 28.7 Å². The molecule has 0 unspecified atom stereocenters. The monoisotopic (exact) mass is 263 g/mol. The molecule has 0 radical (unpaired) electrons. The molecule has 3 heteroatoms. The van der Waals surface area contributed by atoms with Crippen LogP contribution in [0.2, 0.25) is 0 Å². The highest BCUT2D eigenvalue weighted by atomic mass is 15.1. The molecule has 2 N–H and O–H groups in total. The lowest BCUT2D eigenvalue weighted by Crippen LogP contribution is -2.17. The van der Waals surface area contributed by atoms with E-state index in [0.29, 0.717) is 0 Å². The van der Waals surface area contributed by atoms with E-state index in [9.17, 15) is 0 Å². The Bertz CT molecular complexity index is 732. The van der Waals surface area contributed by atoms with Crippen molar-refractivity contribution in [1.29, 1.82) is 0 Å². The Morgan fingerprint density at radius 1 is 1.00 bits per heavy atom. The predicted molar refractivity (Wildman–Crippen MR) is 84.7 cm³/mol. The van der Waals surface area contributed by atoms with E-state index >= 15 is 0 Å². The van der Waals surface area contributed by atoms with Crippen LogP contribution in [0.15, 0.2) is 60.8 Å². The maximum absolute atomic E-state index is 6.02. The molecule has 0 bridgehead atoms. The molecule has 0 atom stereocenters. The van der Waals surface area contributed by atoms with Gasteiger partial charge in [0, 0.05) is 36.6 Å². The lowest BCUT2D eigenvalue weighted by atomic mass is 10.1. The van der Waals surface area contributed by atoms with Crippen LogP contribution in [0.3, 0.4) is 0 Å². The minimum Gasteiger partial charge on any atom is -0.398 e. The summed E-state index contributed by atoms with van der Waals surface area (Å²) in [6.45, 7) is 0.778. The third-order valence-corrected chi connectivity index (χ3v) is 3.50. The number of hydrogen-bond donors (Lipinski definition) is 1. The molecular weight excluding hydrogens is 246 g/mol. The van der Waals surface area contributed by atoms with E-state index in [1.54, 1.807) is 0 Å². The van der Waals surface area contributed by atoms with Gasteiger partial charge in [0.15, 0.2) is 0 Å². The van der Waals surface area contributed by atoms with Gasteiger partial charge in [-0.1, -0.05) is 36.4 Å². The van der Waals surface area contributed by atoms with Crippen molar-refractivity contribution >= 4 is 22.3 Å². The molecule has 3 aromatic rings. The molecule has 0 aliphatic rings. The molecule has 100 valence electrons. The molecule has 1 heterocycles. The maximum atomic E-state index is 6.02. The second kappa shape index (κ2) is 5.21. The number of pyridine rings is 1. The van der Waals surface area contributed by atoms with Gasteiger partial charge in [-0.3, -0.25) is 4.98 Å². The van der Waals surface area contributed by atoms with Gasteiger partial charge in [0.1, 0.15) is 0 Å². The number of para-hydroxylation sites is 2. The molecule has 0 aliphatic carbocycles. The third-order valence-electron chi connectivity index (χ3n) is 3.50. The van der Waals surface area contributed by atoms with E-state index in [-0.39, 0.29) is 0 Å². The molecule has 0 aliphatic heterocycles. The first-order chi connectivity index (χ1) is 9.75. The number of hydrogen-bond acceptors (Lipinski definition) is 3. The number of fused-ring (bicyclic) bond motifs is 1. The second-order valence-electron chi connectivity index (χ2n) is 4.90.